The zero-order valence-corrected chi connectivity index (χ0v) is 13.5. The highest BCUT2D eigenvalue weighted by molar-refractivity contribution is 9.10. The molecule has 5 nitrogen and oxygen atoms in total. The number of aromatic nitrogens is 4. The molecule has 0 radical (unpaired) electrons. The number of halogens is 1. The van der Waals surface area contributed by atoms with Gasteiger partial charge in [0.05, 0.1) is 27.3 Å². The van der Waals surface area contributed by atoms with E-state index in [2.05, 4.69) is 31.0 Å². The van der Waals surface area contributed by atoms with Crippen LogP contribution in [0.4, 0.5) is 0 Å². The topological polar surface area (TPSA) is 63.6 Å². The molecule has 1 N–H and O–H groups in total. The highest BCUT2D eigenvalue weighted by atomic mass is 79.9. The van der Waals surface area contributed by atoms with Crippen LogP contribution in [0, 0.1) is 0 Å². The van der Waals surface area contributed by atoms with Gasteiger partial charge in [-0.1, -0.05) is 24.3 Å². The molecule has 2 aromatic heterocycles. The molecule has 4 rings (SSSR count). The van der Waals surface area contributed by atoms with E-state index in [1.807, 2.05) is 48.7 Å². The maximum atomic E-state index is 12.3. The lowest BCUT2D eigenvalue weighted by molar-refractivity contribution is 0.880. The van der Waals surface area contributed by atoms with E-state index in [9.17, 15) is 4.79 Å². The third kappa shape index (κ3) is 2.47. The zero-order chi connectivity index (χ0) is 15.8. The van der Waals surface area contributed by atoms with E-state index < -0.39 is 0 Å². The number of rotatable bonds is 2. The molecule has 0 atom stereocenters. The van der Waals surface area contributed by atoms with E-state index in [1.165, 1.54) is 0 Å². The van der Waals surface area contributed by atoms with E-state index in [0.717, 1.165) is 15.7 Å². The minimum absolute atomic E-state index is 0.151. The third-order valence-electron chi connectivity index (χ3n) is 3.57. The maximum Gasteiger partial charge on any atom is 0.259 e. The number of nitrogens with one attached hydrogen (secondary N) is 1. The van der Waals surface area contributed by atoms with Crippen molar-refractivity contribution in [3.05, 3.63) is 75.8 Å². The summed E-state index contributed by atoms with van der Waals surface area (Å²) in [5.74, 6) is 0.524. The van der Waals surface area contributed by atoms with Crippen molar-refractivity contribution in [2.24, 2.45) is 0 Å². The molecule has 0 saturated carbocycles. The van der Waals surface area contributed by atoms with Crippen molar-refractivity contribution in [2.45, 2.75) is 0 Å². The molecule has 2 heterocycles. The van der Waals surface area contributed by atoms with Gasteiger partial charge in [0.15, 0.2) is 0 Å². The Hall–Kier alpha value is -2.73. The van der Waals surface area contributed by atoms with Crippen molar-refractivity contribution in [2.75, 3.05) is 0 Å². The van der Waals surface area contributed by atoms with Crippen LogP contribution in [0.2, 0.25) is 0 Å². The van der Waals surface area contributed by atoms with Crippen molar-refractivity contribution in [3.63, 3.8) is 0 Å². The average molecular weight is 367 g/mol. The summed E-state index contributed by atoms with van der Waals surface area (Å²) in [6.45, 7) is 0. The van der Waals surface area contributed by atoms with Gasteiger partial charge in [-0.25, -0.2) is 9.67 Å². The molecule has 0 unspecified atom stereocenters. The van der Waals surface area contributed by atoms with Crippen LogP contribution in [0.3, 0.4) is 0 Å². The molecule has 6 heteroatoms. The molecule has 0 spiro atoms. The van der Waals surface area contributed by atoms with E-state index in [1.54, 1.807) is 16.9 Å². The number of para-hydroxylation sites is 2. The summed E-state index contributed by atoms with van der Waals surface area (Å²) in [5, 5.41) is 4.89. The number of aromatic amines is 1. The predicted molar refractivity (Wildman–Crippen MR) is 92.6 cm³/mol. The Kier molecular flexibility index (Phi) is 3.31. The summed E-state index contributed by atoms with van der Waals surface area (Å²) in [7, 11) is 0. The molecule has 23 heavy (non-hydrogen) atoms. The van der Waals surface area contributed by atoms with Crippen molar-refractivity contribution >= 4 is 26.8 Å². The second-order valence-corrected chi connectivity index (χ2v) is 5.97. The largest absolute Gasteiger partial charge is 0.306 e. The summed E-state index contributed by atoms with van der Waals surface area (Å²) >= 11 is 3.40. The van der Waals surface area contributed by atoms with E-state index in [0.29, 0.717) is 16.7 Å². The Balaban J connectivity index is 1.97. The highest BCUT2D eigenvalue weighted by Gasteiger charge is 2.11. The Morgan fingerprint density at radius 3 is 2.65 bits per heavy atom. The molecule has 0 amide bonds. The fourth-order valence-electron chi connectivity index (χ4n) is 2.52. The van der Waals surface area contributed by atoms with Gasteiger partial charge in [-0.15, -0.1) is 0 Å². The molecule has 0 bridgehead atoms. The maximum absolute atomic E-state index is 12.3. The van der Waals surface area contributed by atoms with Crippen molar-refractivity contribution in [3.8, 4) is 17.1 Å². The summed E-state index contributed by atoms with van der Waals surface area (Å²) in [5.41, 5.74) is 2.17. The number of H-pyrrole nitrogens is 1. The van der Waals surface area contributed by atoms with Gasteiger partial charge in [0.2, 0.25) is 0 Å². The van der Waals surface area contributed by atoms with Crippen molar-refractivity contribution in [1.82, 2.24) is 19.7 Å². The van der Waals surface area contributed by atoms with Crippen LogP contribution < -0.4 is 5.56 Å². The van der Waals surface area contributed by atoms with Gasteiger partial charge in [-0.05, 0) is 40.2 Å². The minimum Gasteiger partial charge on any atom is -0.306 e. The van der Waals surface area contributed by atoms with Gasteiger partial charge in [-0.2, -0.15) is 5.10 Å². The quantitative estimate of drug-likeness (QED) is 0.590. The second kappa shape index (κ2) is 5.48. The average Bonchev–Trinajstić information content (AvgIpc) is 3.01. The van der Waals surface area contributed by atoms with Crippen LogP contribution in [-0.2, 0) is 0 Å². The normalized spacial score (nSPS) is 11.0. The lowest BCUT2D eigenvalue weighted by atomic mass is 10.1. The predicted octanol–water partition coefficient (Wildman–Crippen LogP) is 3.54. The summed E-state index contributed by atoms with van der Waals surface area (Å²) in [4.78, 5) is 19.8. The molecule has 4 aromatic rings. The van der Waals surface area contributed by atoms with Crippen molar-refractivity contribution in [1.29, 1.82) is 0 Å². The SMILES string of the molecule is O=c1[nH]c(-c2ccccc2-n2cc(Br)cn2)nc2ccccc12. The third-order valence-corrected chi connectivity index (χ3v) is 3.98. The van der Waals surface area contributed by atoms with Gasteiger partial charge in [0, 0.05) is 11.8 Å². The van der Waals surface area contributed by atoms with Crippen LogP contribution in [0.25, 0.3) is 28.0 Å². The fraction of sp³-hybridized carbons (Fsp3) is 0. The number of nitrogens with zero attached hydrogens (tertiary/aromatic N) is 3. The van der Waals surface area contributed by atoms with E-state index in [-0.39, 0.29) is 5.56 Å². The van der Waals surface area contributed by atoms with Crippen LogP contribution in [0.15, 0.2) is 70.2 Å². The molecular formula is C17H11BrN4O. The first-order valence-electron chi connectivity index (χ1n) is 7.01. The monoisotopic (exact) mass is 366 g/mol. The lowest BCUT2D eigenvalue weighted by Gasteiger charge is -2.09. The van der Waals surface area contributed by atoms with Crippen LogP contribution >= 0.6 is 15.9 Å². The Morgan fingerprint density at radius 1 is 1.04 bits per heavy atom. The van der Waals surface area contributed by atoms with Crippen LogP contribution in [0.5, 0.6) is 0 Å². The molecule has 112 valence electrons. The van der Waals surface area contributed by atoms with Crippen LogP contribution in [-0.4, -0.2) is 19.7 Å². The van der Waals surface area contributed by atoms with E-state index >= 15 is 0 Å². The minimum atomic E-state index is -0.151. The smallest absolute Gasteiger partial charge is 0.259 e. The first kappa shape index (κ1) is 13.9. The Labute approximate surface area is 139 Å². The zero-order valence-electron chi connectivity index (χ0n) is 11.9. The molecular weight excluding hydrogens is 356 g/mol. The van der Waals surface area contributed by atoms with Gasteiger partial charge in [0.1, 0.15) is 5.82 Å². The molecule has 0 fully saturated rings. The standard InChI is InChI=1S/C17H11BrN4O/c18-11-9-19-22(10-11)15-8-4-2-6-13(15)16-20-14-7-3-1-5-12(14)17(23)21-16/h1-10H,(H,20,21,23). The highest BCUT2D eigenvalue weighted by Crippen LogP contribution is 2.24. The first-order valence-corrected chi connectivity index (χ1v) is 7.81. The summed E-state index contributed by atoms with van der Waals surface area (Å²) < 4.78 is 2.63. The lowest BCUT2D eigenvalue weighted by Crippen LogP contribution is -2.10. The number of fused-ring (bicyclic) bond motifs is 1. The van der Waals surface area contributed by atoms with Gasteiger partial charge in [0.25, 0.3) is 5.56 Å². The van der Waals surface area contributed by atoms with E-state index in [4.69, 9.17) is 0 Å². The number of benzene rings is 2. The second-order valence-electron chi connectivity index (χ2n) is 5.05. The molecule has 0 aliphatic heterocycles. The van der Waals surface area contributed by atoms with Gasteiger partial charge in [-0.3, -0.25) is 4.79 Å². The van der Waals surface area contributed by atoms with Gasteiger partial charge < -0.3 is 4.98 Å². The van der Waals surface area contributed by atoms with Crippen molar-refractivity contribution < 1.29 is 0 Å². The van der Waals surface area contributed by atoms with Crippen LogP contribution in [0.1, 0.15) is 0 Å². The number of hydrogen-bond acceptors (Lipinski definition) is 3. The Bertz CT molecular complexity index is 1070. The fourth-order valence-corrected chi connectivity index (χ4v) is 2.81. The first-order chi connectivity index (χ1) is 11.2. The molecule has 0 aliphatic carbocycles. The van der Waals surface area contributed by atoms with Gasteiger partial charge >= 0.3 is 0 Å². The summed E-state index contributed by atoms with van der Waals surface area (Å²) in [6.07, 6.45) is 3.57. The molecule has 0 saturated heterocycles. The molecule has 0 aliphatic rings. The summed E-state index contributed by atoms with van der Waals surface area (Å²) in [6, 6.07) is 15.0. The Morgan fingerprint density at radius 2 is 1.83 bits per heavy atom. The number of hydrogen-bond donors (Lipinski definition) is 1. The molecule has 2 aromatic carbocycles.